The second-order valence-corrected chi connectivity index (χ2v) is 3.59. The summed E-state index contributed by atoms with van der Waals surface area (Å²) in [5, 5.41) is 0. The first-order valence-electron chi connectivity index (χ1n) is 4.76. The molecule has 2 rings (SSSR count). The Morgan fingerprint density at radius 1 is 1.47 bits per heavy atom. The summed E-state index contributed by atoms with van der Waals surface area (Å²) < 4.78 is 18.7. The predicted octanol–water partition coefficient (Wildman–Crippen LogP) is 1.46. The molecule has 1 aliphatic rings. The molecule has 80 valence electrons. The van der Waals surface area contributed by atoms with Crippen molar-refractivity contribution in [3.05, 3.63) is 29.1 Å². The van der Waals surface area contributed by atoms with E-state index in [0.29, 0.717) is 13.0 Å². The lowest BCUT2D eigenvalue weighted by Gasteiger charge is -2.25. The van der Waals surface area contributed by atoms with Crippen molar-refractivity contribution in [3.63, 3.8) is 0 Å². The fourth-order valence-corrected chi connectivity index (χ4v) is 1.77. The van der Waals surface area contributed by atoms with E-state index in [1.54, 1.807) is 19.2 Å². The number of likely N-dealkylation sites (N-methyl/N-ethyl adjacent to an activating group) is 1. The standard InChI is InChI=1S/C11H12FNO2/c1-13-6-5-7-3-4-8(15-2)10(12)9(7)11(13)14/h3-4H,5-6H2,1-2H3. The van der Waals surface area contributed by atoms with Gasteiger partial charge in [0.1, 0.15) is 0 Å². The predicted molar refractivity (Wildman–Crippen MR) is 53.6 cm³/mol. The second kappa shape index (κ2) is 3.53. The average molecular weight is 209 g/mol. The van der Waals surface area contributed by atoms with Crippen LogP contribution in [0.3, 0.4) is 0 Å². The zero-order valence-electron chi connectivity index (χ0n) is 8.71. The van der Waals surface area contributed by atoms with Crippen LogP contribution < -0.4 is 4.74 Å². The average Bonchev–Trinajstić information content (AvgIpc) is 2.24. The molecular weight excluding hydrogens is 197 g/mol. The highest BCUT2D eigenvalue weighted by Crippen LogP contribution is 2.27. The summed E-state index contributed by atoms with van der Waals surface area (Å²) in [4.78, 5) is 13.3. The number of methoxy groups -OCH3 is 1. The Bertz CT molecular complexity index is 417. The fraction of sp³-hybridized carbons (Fsp3) is 0.364. The maximum absolute atomic E-state index is 13.8. The van der Waals surface area contributed by atoms with E-state index in [1.165, 1.54) is 12.0 Å². The Kier molecular flexibility index (Phi) is 2.34. The van der Waals surface area contributed by atoms with Crippen LogP contribution in [-0.2, 0) is 6.42 Å². The highest BCUT2D eigenvalue weighted by molar-refractivity contribution is 5.97. The van der Waals surface area contributed by atoms with Crippen LogP contribution in [0, 0.1) is 5.82 Å². The Balaban J connectivity index is 2.58. The van der Waals surface area contributed by atoms with Crippen molar-refractivity contribution in [2.45, 2.75) is 6.42 Å². The summed E-state index contributed by atoms with van der Waals surface area (Å²) in [5.41, 5.74) is 0.916. The van der Waals surface area contributed by atoms with Gasteiger partial charge in [-0.15, -0.1) is 0 Å². The third-order valence-electron chi connectivity index (χ3n) is 2.69. The molecule has 1 heterocycles. The summed E-state index contributed by atoms with van der Waals surface area (Å²) in [5.74, 6) is -0.698. The van der Waals surface area contributed by atoms with E-state index < -0.39 is 5.82 Å². The van der Waals surface area contributed by atoms with Gasteiger partial charge in [-0.3, -0.25) is 4.79 Å². The normalized spacial score (nSPS) is 15.1. The minimum absolute atomic E-state index is 0.123. The summed E-state index contributed by atoms with van der Waals surface area (Å²) >= 11 is 0. The summed E-state index contributed by atoms with van der Waals surface area (Å²) in [6.07, 6.45) is 0.693. The maximum atomic E-state index is 13.8. The van der Waals surface area contributed by atoms with Gasteiger partial charge in [0, 0.05) is 13.6 Å². The molecule has 1 aromatic carbocycles. The van der Waals surface area contributed by atoms with Crippen LogP contribution in [-0.4, -0.2) is 31.5 Å². The summed E-state index contributed by atoms with van der Waals surface area (Å²) in [6, 6.07) is 3.31. The van der Waals surface area contributed by atoms with Crippen molar-refractivity contribution in [2.24, 2.45) is 0 Å². The lowest BCUT2D eigenvalue weighted by atomic mass is 9.98. The van der Waals surface area contributed by atoms with E-state index in [4.69, 9.17) is 4.74 Å². The lowest BCUT2D eigenvalue weighted by Crippen LogP contribution is -2.35. The zero-order chi connectivity index (χ0) is 11.0. The highest BCUT2D eigenvalue weighted by atomic mass is 19.1. The number of carbonyl (C=O) groups excluding carboxylic acids is 1. The van der Waals surface area contributed by atoms with Gasteiger partial charge in [-0.2, -0.15) is 0 Å². The molecule has 0 N–H and O–H groups in total. The Morgan fingerprint density at radius 3 is 2.87 bits per heavy atom. The van der Waals surface area contributed by atoms with Crippen LogP contribution >= 0.6 is 0 Å². The van der Waals surface area contributed by atoms with Crippen molar-refractivity contribution in [3.8, 4) is 5.75 Å². The third kappa shape index (κ3) is 1.46. The molecule has 0 aliphatic carbocycles. The molecule has 0 fully saturated rings. The number of nitrogens with zero attached hydrogens (tertiary/aromatic N) is 1. The van der Waals surface area contributed by atoms with Crippen LogP contribution in [0.25, 0.3) is 0 Å². The van der Waals surface area contributed by atoms with Crippen molar-refractivity contribution >= 4 is 5.91 Å². The van der Waals surface area contributed by atoms with Gasteiger partial charge in [-0.1, -0.05) is 6.07 Å². The lowest BCUT2D eigenvalue weighted by molar-refractivity contribution is 0.0774. The molecule has 0 saturated heterocycles. The highest BCUT2D eigenvalue weighted by Gasteiger charge is 2.26. The van der Waals surface area contributed by atoms with E-state index in [-0.39, 0.29) is 17.2 Å². The molecule has 15 heavy (non-hydrogen) atoms. The van der Waals surface area contributed by atoms with E-state index in [9.17, 15) is 9.18 Å². The molecule has 0 atom stereocenters. The topological polar surface area (TPSA) is 29.5 Å². The molecule has 0 aromatic heterocycles. The van der Waals surface area contributed by atoms with Crippen LogP contribution in [0.15, 0.2) is 12.1 Å². The Labute approximate surface area is 87.5 Å². The quantitative estimate of drug-likeness (QED) is 0.700. The van der Waals surface area contributed by atoms with E-state index >= 15 is 0 Å². The minimum atomic E-state index is -0.549. The number of ether oxygens (including phenoxy) is 1. The van der Waals surface area contributed by atoms with Gasteiger partial charge >= 0.3 is 0 Å². The van der Waals surface area contributed by atoms with Gasteiger partial charge in [-0.25, -0.2) is 4.39 Å². The van der Waals surface area contributed by atoms with Crippen LogP contribution in [0.1, 0.15) is 15.9 Å². The SMILES string of the molecule is COc1ccc2c(c1F)C(=O)N(C)CC2. The zero-order valence-corrected chi connectivity index (χ0v) is 8.71. The Morgan fingerprint density at radius 2 is 2.20 bits per heavy atom. The van der Waals surface area contributed by atoms with E-state index in [0.717, 1.165) is 5.56 Å². The van der Waals surface area contributed by atoms with Crippen molar-refractivity contribution in [1.82, 2.24) is 4.90 Å². The van der Waals surface area contributed by atoms with Crippen molar-refractivity contribution < 1.29 is 13.9 Å². The summed E-state index contributed by atoms with van der Waals surface area (Å²) in [7, 11) is 3.06. The number of halogens is 1. The van der Waals surface area contributed by atoms with Crippen LogP contribution in [0.2, 0.25) is 0 Å². The number of amides is 1. The fourth-order valence-electron chi connectivity index (χ4n) is 1.77. The number of carbonyl (C=O) groups is 1. The van der Waals surface area contributed by atoms with Crippen LogP contribution in [0.4, 0.5) is 4.39 Å². The summed E-state index contributed by atoms with van der Waals surface area (Å²) in [6.45, 7) is 0.637. The minimum Gasteiger partial charge on any atom is -0.494 e. The smallest absolute Gasteiger partial charge is 0.257 e. The van der Waals surface area contributed by atoms with Gasteiger partial charge in [0.15, 0.2) is 11.6 Å². The molecule has 0 spiro atoms. The van der Waals surface area contributed by atoms with Crippen molar-refractivity contribution in [1.29, 1.82) is 0 Å². The monoisotopic (exact) mass is 209 g/mol. The first-order chi connectivity index (χ1) is 7.15. The maximum Gasteiger partial charge on any atom is 0.257 e. The van der Waals surface area contributed by atoms with Gasteiger partial charge in [0.05, 0.1) is 12.7 Å². The number of fused-ring (bicyclic) bond motifs is 1. The molecular formula is C11H12FNO2. The second-order valence-electron chi connectivity index (χ2n) is 3.59. The van der Waals surface area contributed by atoms with Crippen LogP contribution in [0.5, 0.6) is 5.75 Å². The molecule has 1 aliphatic heterocycles. The van der Waals surface area contributed by atoms with Gasteiger partial charge < -0.3 is 9.64 Å². The number of hydrogen-bond donors (Lipinski definition) is 0. The first kappa shape index (κ1) is 9.96. The molecule has 0 radical (unpaired) electrons. The number of benzene rings is 1. The molecule has 0 unspecified atom stereocenters. The molecule has 0 saturated carbocycles. The van der Waals surface area contributed by atoms with Crippen molar-refractivity contribution in [2.75, 3.05) is 20.7 Å². The van der Waals surface area contributed by atoms with Gasteiger partial charge in [-0.05, 0) is 18.1 Å². The van der Waals surface area contributed by atoms with Gasteiger partial charge in [0.25, 0.3) is 5.91 Å². The largest absolute Gasteiger partial charge is 0.494 e. The number of hydrogen-bond acceptors (Lipinski definition) is 2. The van der Waals surface area contributed by atoms with E-state index in [1.807, 2.05) is 0 Å². The molecule has 0 bridgehead atoms. The Hall–Kier alpha value is -1.58. The third-order valence-corrected chi connectivity index (χ3v) is 2.69. The molecule has 1 aromatic rings. The molecule has 4 heteroatoms. The van der Waals surface area contributed by atoms with Gasteiger partial charge in [0.2, 0.25) is 0 Å². The van der Waals surface area contributed by atoms with E-state index in [2.05, 4.69) is 0 Å². The molecule has 3 nitrogen and oxygen atoms in total. The first-order valence-corrected chi connectivity index (χ1v) is 4.76. The molecule has 1 amide bonds. The number of rotatable bonds is 1.